The van der Waals surface area contributed by atoms with E-state index in [1.807, 2.05) is 6.07 Å². The highest BCUT2D eigenvalue weighted by atomic mass is 32.1. The molecule has 0 atom stereocenters. The number of amides is 2. The summed E-state index contributed by atoms with van der Waals surface area (Å²) in [6.07, 6.45) is 2.10. The molecule has 1 heterocycles. The van der Waals surface area contributed by atoms with E-state index in [4.69, 9.17) is 0 Å². The van der Waals surface area contributed by atoms with Crippen LogP contribution in [0.15, 0.2) is 30.3 Å². The van der Waals surface area contributed by atoms with Crippen molar-refractivity contribution in [2.24, 2.45) is 0 Å². The minimum Gasteiger partial charge on any atom is -0.343 e. The van der Waals surface area contributed by atoms with Crippen molar-refractivity contribution < 1.29 is 14.4 Å². The third kappa shape index (κ3) is 3.62. The van der Waals surface area contributed by atoms with Crippen LogP contribution >= 0.6 is 11.3 Å². The number of aryl methyl sites for hydroxylation is 1. The molecular formula is C16H15N3O3S. The number of anilines is 1. The number of rotatable bonds is 4. The summed E-state index contributed by atoms with van der Waals surface area (Å²) in [5, 5.41) is 5.58. The molecule has 0 aliphatic heterocycles. The van der Waals surface area contributed by atoms with Crippen LogP contribution in [0, 0.1) is 0 Å². The Balaban J connectivity index is 1.56. The molecule has 0 spiro atoms. The molecule has 3 rings (SSSR count). The van der Waals surface area contributed by atoms with E-state index in [0.29, 0.717) is 22.0 Å². The summed E-state index contributed by atoms with van der Waals surface area (Å²) in [6, 6.07) is 8.68. The van der Waals surface area contributed by atoms with Crippen LogP contribution in [0.2, 0.25) is 0 Å². The molecule has 0 saturated carbocycles. The lowest BCUT2D eigenvalue weighted by atomic mass is 10.0. The van der Waals surface area contributed by atoms with Crippen LogP contribution in [-0.2, 0) is 11.2 Å². The van der Waals surface area contributed by atoms with E-state index >= 15 is 0 Å². The normalized spacial score (nSPS) is 13.3. The second-order valence-electron chi connectivity index (χ2n) is 5.17. The predicted octanol–water partition coefficient (Wildman–Crippen LogP) is 2.03. The fraction of sp³-hybridized carbons (Fsp3) is 0.250. The first-order chi connectivity index (χ1) is 11.1. The quantitative estimate of drug-likeness (QED) is 0.898. The zero-order valence-electron chi connectivity index (χ0n) is 12.3. The van der Waals surface area contributed by atoms with Crippen LogP contribution < -0.4 is 10.6 Å². The van der Waals surface area contributed by atoms with Crippen molar-refractivity contribution in [1.29, 1.82) is 0 Å². The zero-order chi connectivity index (χ0) is 16.2. The third-order valence-electron chi connectivity index (χ3n) is 3.46. The zero-order valence-corrected chi connectivity index (χ0v) is 13.1. The number of nitrogens with zero attached hydrogens (tertiary/aromatic N) is 1. The van der Waals surface area contributed by atoms with Crippen molar-refractivity contribution in [3.63, 3.8) is 0 Å². The molecule has 23 heavy (non-hydrogen) atoms. The summed E-state index contributed by atoms with van der Waals surface area (Å²) in [7, 11) is 0. The second kappa shape index (κ2) is 6.70. The number of benzene rings is 1. The maximum atomic E-state index is 11.9. The highest BCUT2D eigenvalue weighted by molar-refractivity contribution is 7.17. The average Bonchev–Trinajstić information content (AvgIpc) is 2.97. The summed E-state index contributed by atoms with van der Waals surface area (Å²) in [5.41, 5.74) is 1.26. The van der Waals surface area contributed by atoms with Gasteiger partial charge in [-0.2, -0.15) is 0 Å². The highest BCUT2D eigenvalue weighted by Gasteiger charge is 2.22. The number of hydrogen-bond acceptors (Lipinski definition) is 5. The summed E-state index contributed by atoms with van der Waals surface area (Å²) in [6.45, 7) is -0.147. The fourth-order valence-electron chi connectivity index (χ4n) is 2.34. The molecule has 7 heteroatoms. The van der Waals surface area contributed by atoms with E-state index in [0.717, 1.165) is 18.5 Å². The third-order valence-corrected chi connectivity index (χ3v) is 4.51. The predicted molar refractivity (Wildman–Crippen MR) is 86.8 cm³/mol. The number of hydrogen-bond donors (Lipinski definition) is 2. The molecule has 0 fully saturated rings. The van der Waals surface area contributed by atoms with Crippen molar-refractivity contribution in [3.8, 4) is 0 Å². The van der Waals surface area contributed by atoms with Crippen LogP contribution in [0.1, 0.15) is 38.6 Å². The van der Waals surface area contributed by atoms with Crippen LogP contribution in [0.5, 0.6) is 0 Å². The number of thiazole rings is 1. The number of fused-ring (bicyclic) bond motifs is 1. The standard InChI is InChI=1S/C16H15N3O3S/c20-12-8-4-7-11-14(12)23-16(18-11)19-13(21)9-17-15(22)10-5-2-1-3-6-10/h1-3,5-6H,4,7-9H2,(H,17,22)(H,18,19,21). The van der Waals surface area contributed by atoms with Gasteiger partial charge in [0, 0.05) is 12.0 Å². The van der Waals surface area contributed by atoms with Gasteiger partial charge in [0.15, 0.2) is 10.9 Å². The Labute approximate surface area is 136 Å². The first-order valence-corrected chi connectivity index (χ1v) is 8.11. The van der Waals surface area contributed by atoms with Crippen molar-refractivity contribution in [1.82, 2.24) is 10.3 Å². The SMILES string of the molecule is O=C(CNC(=O)c1ccccc1)Nc1nc2c(s1)C(=O)CCC2. The lowest BCUT2D eigenvalue weighted by Crippen LogP contribution is -2.32. The second-order valence-corrected chi connectivity index (χ2v) is 6.17. The van der Waals surface area contributed by atoms with Gasteiger partial charge in [-0.05, 0) is 25.0 Å². The first-order valence-electron chi connectivity index (χ1n) is 7.29. The molecule has 1 aliphatic carbocycles. The number of carbonyl (C=O) groups is 3. The van der Waals surface area contributed by atoms with E-state index in [1.165, 1.54) is 11.3 Å². The smallest absolute Gasteiger partial charge is 0.251 e. The molecule has 6 nitrogen and oxygen atoms in total. The monoisotopic (exact) mass is 329 g/mol. The molecule has 2 aromatic rings. The van der Waals surface area contributed by atoms with Crippen molar-refractivity contribution in [2.45, 2.75) is 19.3 Å². The van der Waals surface area contributed by atoms with Gasteiger partial charge in [0.2, 0.25) is 5.91 Å². The Morgan fingerprint density at radius 2 is 1.96 bits per heavy atom. The Morgan fingerprint density at radius 1 is 1.17 bits per heavy atom. The molecule has 2 N–H and O–H groups in total. The maximum absolute atomic E-state index is 11.9. The maximum Gasteiger partial charge on any atom is 0.251 e. The molecule has 1 aliphatic rings. The van der Waals surface area contributed by atoms with E-state index in [9.17, 15) is 14.4 Å². The molecule has 0 bridgehead atoms. The van der Waals surface area contributed by atoms with Gasteiger partial charge in [-0.3, -0.25) is 14.4 Å². The molecule has 0 unspecified atom stereocenters. The summed E-state index contributed by atoms with van der Waals surface area (Å²) < 4.78 is 0. The Morgan fingerprint density at radius 3 is 2.70 bits per heavy atom. The van der Waals surface area contributed by atoms with Gasteiger partial charge in [-0.15, -0.1) is 0 Å². The van der Waals surface area contributed by atoms with Gasteiger partial charge in [-0.25, -0.2) is 4.98 Å². The van der Waals surface area contributed by atoms with Crippen molar-refractivity contribution >= 4 is 34.1 Å². The molecule has 0 radical (unpaired) electrons. The highest BCUT2D eigenvalue weighted by Crippen LogP contribution is 2.29. The molecular weight excluding hydrogens is 314 g/mol. The van der Waals surface area contributed by atoms with Crippen molar-refractivity contribution in [2.75, 3.05) is 11.9 Å². The van der Waals surface area contributed by atoms with Crippen LogP contribution in [0.3, 0.4) is 0 Å². The van der Waals surface area contributed by atoms with E-state index < -0.39 is 0 Å². The fourth-order valence-corrected chi connectivity index (χ4v) is 3.33. The number of aromatic nitrogens is 1. The lowest BCUT2D eigenvalue weighted by Gasteiger charge is -2.05. The summed E-state index contributed by atoms with van der Waals surface area (Å²) >= 11 is 1.20. The molecule has 1 aromatic heterocycles. The molecule has 1 aromatic carbocycles. The summed E-state index contributed by atoms with van der Waals surface area (Å²) in [5.74, 6) is -0.594. The minimum absolute atomic E-state index is 0.0848. The Hall–Kier alpha value is -2.54. The van der Waals surface area contributed by atoms with Crippen LogP contribution in [-0.4, -0.2) is 29.1 Å². The van der Waals surface area contributed by atoms with Gasteiger partial charge in [0.1, 0.15) is 0 Å². The Bertz CT molecular complexity index is 755. The van der Waals surface area contributed by atoms with E-state index in [-0.39, 0.29) is 24.1 Å². The van der Waals surface area contributed by atoms with Gasteiger partial charge in [0.05, 0.1) is 17.1 Å². The minimum atomic E-state index is -0.368. The summed E-state index contributed by atoms with van der Waals surface area (Å²) in [4.78, 5) is 40.4. The largest absolute Gasteiger partial charge is 0.343 e. The Kier molecular flexibility index (Phi) is 4.47. The van der Waals surface area contributed by atoms with Gasteiger partial charge >= 0.3 is 0 Å². The van der Waals surface area contributed by atoms with Gasteiger partial charge in [0.25, 0.3) is 5.91 Å². The number of carbonyl (C=O) groups excluding carboxylic acids is 3. The lowest BCUT2D eigenvalue weighted by molar-refractivity contribution is -0.115. The van der Waals surface area contributed by atoms with Gasteiger partial charge in [-0.1, -0.05) is 29.5 Å². The van der Waals surface area contributed by atoms with Crippen LogP contribution in [0.4, 0.5) is 5.13 Å². The number of Topliss-reactive ketones (excluding diaryl/α,β-unsaturated/α-hetero) is 1. The first kappa shape index (κ1) is 15.4. The van der Waals surface area contributed by atoms with Crippen molar-refractivity contribution in [3.05, 3.63) is 46.5 Å². The molecule has 2 amide bonds. The molecule has 0 saturated heterocycles. The van der Waals surface area contributed by atoms with Crippen LogP contribution in [0.25, 0.3) is 0 Å². The van der Waals surface area contributed by atoms with Gasteiger partial charge < -0.3 is 10.6 Å². The average molecular weight is 329 g/mol. The number of ketones is 1. The number of nitrogens with one attached hydrogen (secondary N) is 2. The van der Waals surface area contributed by atoms with E-state index in [2.05, 4.69) is 15.6 Å². The van der Waals surface area contributed by atoms with E-state index in [1.54, 1.807) is 24.3 Å². The topological polar surface area (TPSA) is 88.2 Å². The molecule has 118 valence electrons.